The number of halogens is 7. The van der Waals surface area contributed by atoms with Gasteiger partial charge in [-0.15, -0.1) is 38.0 Å². The Morgan fingerprint density at radius 3 is 2.17 bits per heavy atom. The molecule has 2 N–H and O–H groups in total. The fourth-order valence-electron chi connectivity index (χ4n) is 3.17. The standard InChI is InChI=1S/C18H17Br2F3N2O2.2ClH/c19-12-9-14(17(26)15(20)10-12)16(25-7-5-24-6-8-25)11-1-3-13(4-2-11)27-18(21,22)23;;/h1-4,9-10,16,24,26H,5-8H2;2*1H/t16-;;/m1../s1. The van der Waals surface area contributed by atoms with Gasteiger partial charge in [0.2, 0.25) is 0 Å². The molecule has 2 aromatic rings. The largest absolute Gasteiger partial charge is 0.573 e. The molecule has 0 radical (unpaired) electrons. The zero-order valence-corrected chi connectivity index (χ0v) is 19.7. The molecule has 1 aliphatic heterocycles. The Morgan fingerprint density at radius 1 is 1.03 bits per heavy atom. The zero-order valence-electron chi connectivity index (χ0n) is 14.9. The Hall–Kier alpha value is -0.710. The van der Waals surface area contributed by atoms with Crippen LogP contribution in [0.2, 0.25) is 0 Å². The average molecular weight is 583 g/mol. The van der Waals surface area contributed by atoms with Crippen LogP contribution in [0.25, 0.3) is 0 Å². The van der Waals surface area contributed by atoms with Gasteiger partial charge in [-0.05, 0) is 45.8 Å². The molecule has 0 amide bonds. The highest BCUT2D eigenvalue weighted by atomic mass is 79.9. The van der Waals surface area contributed by atoms with Crippen LogP contribution in [0.1, 0.15) is 17.2 Å². The summed E-state index contributed by atoms with van der Waals surface area (Å²) in [6, 6.07) is 9.05. The summed E-state index contributed by atoms with van der Waals surface area (Å²) >= 11 is 6.79. The molecule has 1 aliphatic rings. The second-order valence-electron chi connectivity index (χ2n) is 6.13. The van der Waals surface area contributed by atoms with Crippen LogP contribution in [0.5, 0.6) is 11.5 Å². The molecule has 1 saturated heterocycles. The highest BCUT2D eigenvalue weighted by molar-refractivity contribution is 9.11. The van der Waals surface area contributed by atoms with Gasteiger partial charge >= 0.3 is 6.36 Å². The fraction of sp³-hybridized carbons (Fsp3) is 0.333. The topological polar surface area (TPSA) is 44.7 Å². The summed E-state index contributed by atoms with van der Waals surface area (Å²) < 4.78 is 42.5. The number of benzene rings is 2. The Morgan fingerprint density at radius 2 is 1.62 bits per heavy atom. The molecule has 1 fully saturated rings. The number of alkyl halides is 3. The third-order valence-corrected chi connectivity index (χ3v) is 5.36. The van der Waals surface area contributed by atoms with Crippen LogP contribution in [0.3, 0.4) is 0 Å². The number of phenols is 1. The van der Waals surface area contributed by atoms with Crippen LogP contribution in [-0.4, -0.2) is 42.5 Å². The molecule has 0 aliphatic carbocycles. The number of aromatic hydroxyl groups is 1. The van der Waals surface area contributed by atoms with E-state index in [9.17, 15) is 18.3 Å². The monoisotopic (exact) mass is 580 g/mol. The minimum atomic E-state index is -4.73. The molecule has 11 heteroatoms. The molecule has 0 unspecified atom stereocenters. The van der Waals surface area contributed by atoms with Gasteiger partial charge in [0.1, 0.15) is 11.5 Å². The maximum absolute atomic E-state index is 12.4. The Labute approximate surface area is 195 Å². The van der Waals surface area contributed by atoms with Crippen molar-refractivity contribution in [1.82, 2.24) is 10.2 Å². The summed E-state index contributed by atoms with van der Waals surface area (Å²) in [5.74, 6) is -0.165. The summed E-state index contributed by atoms with van der Waals surface area (Å²) in [5.41, 5.74) is 1.44. The Bertz CT molecular complexity index is 805. The molecule has 0 bridgehead atoms. The predicted octanol–water partition coefficient (Wildman–Crippen LogP) is 5.65. The Balaban J connectivity index is 0.00000210. The van der Waals surface area contributed by atoms with E-state index in [0.717, 1.165) is 36.2 Å². The molecular formula is C18H19Br2Cl2F3N2O2. The van der Waals surface area contributed by atoms with Crippen LogP contribution >= 0.6 is 56.7 Å². The summed E-state index contributed by atoms with van der Waals surface area (Å²) in [6.07, 6.45) is -4.73. The van der Waals surface area contributed by atoms with Crippen molar-refractivity contribution in [3.05, 3.63) is 56.5 Å². The molecule has 1 heterocycles. The van der Waals surface area contributed by atoms with Crippen molar-refractivity contribution in [1.29, 1.82) is 0 Å². The summed E-state index contributed by atoms with van der Waals surface area (Å²) in [6.45, 7) is 3.08. The zero-order chi connectivity index (χ0) is 19.6. The SMILES string of the molecule is Cl.Cl.Oc1c(Br)cc(Br)cc1[C@@H](c1ccc(OC(F)(F)F)cc1)N1CCNCC1. The van der Waals surface area contributed by atoms with Crippen molar-refractivity contribution in [2.24, 2.45) is 0 Å². The van der Waals surface area contributed by atoms with Gasteiger partial charge in [-0.3, -0.25) is 4.90 Å². The number of hydrogen-bond acceptors (Lipinski definition) is 4. The van der Waals surface area contributed by atoms with Crippen LogP contribution in [0.15, 0.2) is 45.3 Å². The molecule has 29 heavy (non-hydrogen) atoms. The van der Waals surface area contributed by atoms with E-state index in [4.69, 9.17) is 0 Å². The normalized spacial score (nSPS) is 15.8. The van der Waals surface area contributed by atoms with Gasteiger partial charge < -0.3 is 15.2 Å². The molecule has 1 atom stereocenters. The molecule has 0 spiro atoms. The van der Waals surface area contributed by atoms with Crippen LogP contribution in [-0.2, 0) is 0 Å². The second-order valence-corrected chi connectivity index (χ2v) is 7.90. The predicted molar refractivity (Wildman–Crippen MR) is 117 cm³/mol. The van der Waals surface area contributed by atoms with Crippen molar-refractivity contribution < 1.29 is 23.0 Å². The van der Waals surface area contributed by atoms with Crippen molar-refractivity contribution in [2.45, 2.75) is 12.4 Å². The van der Waals surface area contributed by atoms with E-state index in [1.165, 1.54) is 12.1 Å². The first-order chi connectivity index (χ1) is 12.7. The highest BCUT2D eigenvalue weighted by Crippen LogP contribution is 2.41. The highest BCUT2D eigenvalue weighted by Gasteiger charge is 2.32. The van der Waals surface area contributed by atoms with Gasteiger partial charge in [-0.25, -0.2) is 0 Å². The molecule has 0 aromatic heterocycles. The van der Waals surface area contributed by atoms with Crippen molar-refractivity contribution >= 4 is 56.7 Å². The Kier molecular flexibility index (Phi) is 10.0. The lowest BCUT2D eigenvalue weighted by Gasteiger charge is -2.36. The quantitative estimate of drug-likeness (QED) is 0.489. The lowest BCUT2D eigenvalue weighted by atomic mass is 9.95. The van der Waals surface area contributed by atoms with Gasteiger partial charge in [-0.1, -0.05) is 28.1 Å². The molecular weight excluding hydrogens is 564 g/mol. The number of nitrogens with one attached hydrogen (secondary N) is 1. The average Bonchev–Trinajstić information content (AvgIpc) is 2.60. The van der Waals surface area contributed by atoms with Crippen molar-refractivity contribution in [3.63, 3.8) is 0 Å². The maximum atomic E-state index is 12.4. The van der Waals surface area contributed by atoms with E-state index in [1.54, 1.807) is 18.2 Å². The third kappa shape index (κ3) is 6.90. The first kappa shape index (κ1) is 26.3. The number of rotatable bonds is 4. The number of phenolic OH excluding ortho intramolecular Hbond substituents is 1. The molecule has 0 saturated carbocycles. The van der Waals surface area contributed by atoms with Crippen molar-refractivity contribution in [3.8, 4) is 11.5 Å². The molecule has 162 valence electrons. The fourth-order valence-corrected chi connectivity index (χ4v) is 4.43. The summed E-state index contributed by atoms with van der Waals surface area (Å²) in [4.78, 5) is 2.18. The minimum absolute atomic E-state index is 0. The van der Waals surface area contributed by atoms with Gasteiger partial charge in [-0.2, -0.15) is 0 Å². The summed E-state index contributed by atoms with van der Waals surface area (Å²) in [5, 5.41) is 13.9. The van der Waals surface area contributed by atoms with Gasteiger partial charge in [0.25, 0.3) is 0 Å². The molecule has 2 aromatic carbocycles. The van der Waals surface area contributed by atoms with E-state index in [1.807, 2.05) is 6.07 Å². The first-order valence-electron chi connectivity index (χ1n) is 8.23. The number of ether oxygens (including phenoxy) is 1. The van der Waals surface area contributed by atoms with E-state index >= 15 is 0 Å². The second kappa shape index (κ2) is 11.1. The van der Waals surface area contributed by atoms with Gasteiger partial charge in [0, 0.05) is 36.2 Å². The van der Waals surface area contributed by atoms with Gasteiger partial charge in [0.05, 0.1) is 10.5 Å². The number of piperazine rings is 1. The van der Waals surface area contributed by atoms with Crippen LogP contribution in [0.4, 0.5) is 13.2 Å². The summed E-state index contributed by atoms with van der Waals surface area (Å²) in [7, 11) is 0. The third-order valence-electron chi connectivity index (χ3n) is 4.30. The van der Waals surface area contributed by atoms with E-state index in [0.29, 0.717) is 10.0 Å². The number of hydrogen-bond donors (Lipinski definition) is 2. The first-order valence-corrected chi connectivity index (χ1v) is 9.81. The van der Waals surface area contributed by atoms with Crippen molar-refractivity contribution in [2.75, 3.05) is 26.2 Å². The van der Waals surface area contributed by atoms with E-state index in [-0.39, 0.29) is 42.4 Å². The molecule has 3 rings (SSSR count). The smallest absolute Gasteiger partial charge is 0.506 e. The lowest BCUT2D eigenvalue weighted by molar-refractivity contribution is -0.274. The van der Waals surface area contributed by atoms with E-state index < -0.39 is 6.36 Å². The van der Waals surface area contributed by atoms with Crippen LogP contribution in [0, 0.1) is 0 Å². The number of nitrogens with zero attached hydrogens (tertiary/aromatic N) is 1. The molecule has 4 nitrogen and oxygen atoms in total. The van der Waals surface area contributed by atoms with E-state index in [2.05, 4.69) is 46.8 Å². The lowest BCUT2D eigenvalue weighted by Crippen LogP contribution is -2.45. The minimum Gasteiger partial charge on any atom is -0.506 e. The maximum Gasteiger partial charge on any atom is 0.573 e. The van der Waals surface area contributed by atoms with Crippen LogP contribution < -0.4 is 10.1 Å². The van der Waals surface area contributed by atoms with Gasteiger partial charge in [0.15, 0.2) is 0 Å².